The van der Waals surface area contributed by atoms with Crippen LogP contribution in [0.2, 0.25) is 0 Å². The van der Waals surface area contributed by atoms with Crippen LogP contribution in [-0.2, 0) is 0 Å². The van der Waals surface area contributed by atoms with Gasteiger partial charge in [-0.25, -0.2) is 4.99 Å². The van der Waals surface area contributed by atoms with Crippen LogP contribution in [0.5, 0.6) is 5.75 Å². The molecule has 0 saturated carbocycles. The minimum absolute atomic E-state index is 0.0279. The summed E-state index contributed by atoms with van der Waals surface area (Å²) in [6, 6.07) is 17.8. The molecule has 0 saturated heterocycles. The van der Waals surface area contributed by atoms with Gasteiger partial charge in [-0.3, -0.25) is 9.36 Å². The summed E-state index contributed by atoms with van der Waals surface area (Å²) in [6.07, 6.45) is 2.08. The first kappa shape index (κ1) is 20.4. The van der Waals surface area contributed by atoms with E-state index < -0.39 is 0 Å². The Balaban J connectivity index is 1.72. The van der Waals surface area contributed by atoms with Gasteiger partial charge in [0.05, 0.1) is 23.1 Å². The summed E-state index contributed by atoms with van der Waals surface area (Å²) in [5.41, 5.74) is 2.96. The van der Waals surface area contributed by atoms with Crippen molar-refractivity contribution in [1.29, 1.82) is 0 Å². The molecule has 2 aromatic carbocycles. The molecule has 0 unspecified atom stereocenters. The van der Waals surface area contributed by atoms with E-state index in [-0.39, 0.29) is 11.6 Å². The fourth-order valence-electron chi connectivity index (χ4n) is 3.55. The average molecular weight is 465 g/mol. The van der Waals surface area contributed by atoms with Crippen molar-refractivity contribution < 1.29 is 4.74 Å². The molecular formula is C24H20N2O2S3. The number of rotatable bonds is 3. The predicted molar refractivity (Wildman–Crippen MR) is 132 cm³/mol. The van der Waals surface area contributed by atoms with Gasteiger partial charge in [0.1, 0.15) is 10.3 Å². The van der Waals surface area contributed by atoms with Crippen molar-refractivity contribution in [2.24, 2.45) is 4.99 Å². The van der Waals surface area contributed by atoms with E-state index in [9.17, 15) is 4.79 Å². The maximum absolute atomic E-state index is 13.5. The molecule has 0 spiro atoms. The fourth-order valence-corrected chi connectivity index (χ4v) is 7.31. The number of thiazole rings is 1. The molecule has 5 rings (SSSR count). The molecule has 0 aliphatic carbocycles. The second-order valence-corrected chi connectivity index (χ2v) is 10.9. The second-order valence-electron chi connectivity index (χ2n) is 7.24. The first-order chi connectivity index (χ1) is 15.0. The number of ether oxygens (including phenoxy) is 1. The Hall–Kier alpha value is -2.48. The van der Waals surface area contributed by atoms with Crippen molar-refractivity contribution in [3.63, 3.8) is 0 Å². The van der Waals surface area contributed by atoms with Gasteiger partial charge in [-0.1, -0.05) is 65.2 Å². The molecule has 2 aliphatic rings. The monoisotopic (exact) mass is 464 g/mol. The van der Waals surface area contributed by atoms with Gasteiger partial charge < -0.3 is 4.74 Å². The van der Waals surface area contributed by atoms with E-state index in [1.165, 1.54) is 21.1 Å². The van der Waals surface area contributed by atoms with Crippen LogP contribution < -0.4 is 19.6 Å². The highest BCUT2D eigenvalue weighted by Gasteiger charge is 2.25. The van der Waals surface area contributed by atoms with Crippen LogP contribution in [0.25, 0.3) is 9.93 Å². The van der Waals surface area contributed by atoms with Crippen molar-refractivity contribution in [1.82, 2.24) is 4.57 Å². The summed E-state index contributed by atoms with van der Waals surface area (Å²) in [5, 5.41) is 0. The van der Waals surface area contributed by atoms with E-state index in [4.69, 9.17) is 9.73 Å². The topological polar surface area (TPSA) is 43.6 Å². The van der Waals surface area contributed by atoms with Crippen LogP contribution in [0.1, 0.15) is 31.0 Å². The lowest BCUT2D eigenvalue weighted by atomic mass is 10.0. The fraction of sp³-hybridized carbons (Fsp3) is 0.167. The third-order valence-electron chi connectivity index (χ3n) is 5.32. The molecule has 1 atom stereocenters. The molecule has 3 aromatic rings. The molecule has 0 N–H and O–H groups in total. The molecule has 31 heavy (non-hydrogen) atoms. The summed E-state index contributed by atoms with van der Waals surface area (Å²) in [7, 11) is 1.66. The Morgan fingerprint density at radius 2 is 1.65 bits per heavy atom. The zero-order valence-corrected chi connectivity index (χ0v) is 19.7. The maximum atomic E-state index is 13.5. The Morgan fingerprint density at radius 1 is 0.968 bits per heavy atom. The summed E-state index contributed by atoms with van der Waals surface area (Å²) >= 11 is 4.85. The van der Waals surface area contributed by atoms with Crippen molar-refractivity contribution in [2.75, 3.05) is 7.11 Å². The highest BCUT2D eigenvalue weighted by molar-refractivity contribution is 8.35. The number of thioether (sulfide) groups is 2. The predicted octanol–water partition coefficient (Wildman–Crippen LogP) is 4.98. The lowest BCUT2D eigenvalue weighted by Crippen LogP contribution is -2.36. The quantitative estimate of drug-likeness (QED) is 0.548. The van der Waals surface area contributed by atoms with Gasteiger partial charge in [0, 0.05) is 5.56 Å². The standard InChI is InChI=1S/C24H20N2O2S3/c1-14-15(2)30-23(29-14)21-22(27)26-20(17-7-5-4-6-8-17)13-19(25-24(26)31-21)16-9-11-18(28-3)12-10-16/h4-13,20H,1-3H3/t20-/m1/s1. The van der Waals surface area contributed by atoms with Gasteiger partial charge >= 0.3 is 0 Å². The van der Waals surface area contributed by atoms with Gasteiger partial charge in [-0.15, -0.1) is 0 Å². The number of methoxy groups -OCH3 is 1. The van der Waals surface area contributed by atoms with Crippen molar-refractivity contribution in [3.8, 4) is 5.75 Å². The zero-order chi connectivity index (χ0) is 21.5. The third kappa shape index (κ3) is 3.71. The highest BCUT2D eigenvalue weighted by atomic mass is 32.2. The number of benzene rings is 2. The minimum atomic E-state index is -0.199. The van der Waals surface area contributed by atoms with E-state index in [2.05, 4.69) is 32.1 Å². The maximum Gasteiger partial charge on any atom is 0.272 e. The van der Waals surface area contributed by atoms with Gasteiger partial charge in [0.2, 0.25) is 0 Å². The summed E-state index contributed by atoms with van der Waals surface area (Å²) in [6.45, 7) is 4.21. The van der Waals surface area contributed by atoms with Gasteiger partial charge in [-0.05, 0) is 59.6 Å². The highest BCUT2D eigenvalue weighted by Crippen LogP contribution is 2.48. The Morgan fingerprint density at radius 3 is 2.29 bits per heavy atom. The SMILES string of the molecule is COc1ccc(C2=C[C@H](c3ccccc3)n3c(sc(=C4SC(C)=C(C)S4)c3=O)=N2)cc1. The molecule has 7 heteroatoms. The Kier molecular flexibility index (Phi) is 5.42. The average Bonchev–Trinajstić information content (AvgIpc) is 3.32. The molecule has 0 fully saturated rings. The normalized spacial score (nSPS) is 18.0. The number of hydrogen-bond donors (Lipinski definition) is 0. The molecule has 0 bridgehead atoms. The van der Waals surface area contributed by atoms with Gasteiger partial charge in [-0.2, -0.15) is 0 Å². The van der Waals surface area contributed by atoms with E-state index >= 15 is 0 Å². The first-order valence-electron chi connectivity index (χ1n) is 9.84. The van der Waals surface area contributed by atoms with Crippen LogP contribution in [0, 0.1) is 0 Å². The Labute approximate surface area is 192 Å². The van der Waals surface area contributed by atoms with Crippen LogP contribution in [-0.4, -0.2) is 11.7 Å². The number of allylic oxidation sites excluding steroid dienone is 3. The van der Waals surface area contributed by atoms with Crippen LogP contribution in [0.4, 0.5) is 0 Å². The molecule has 156 valence electrons. The van der Waals surface area contributed by atoms with Crippen molar-refractivity contribution in [2.45, 2.75) is 19.9 Å². The van der Waals surface area contributed by atoms with Crippen LogP contribution in [0.3, 0.4) is 0 Å². The number of fused-ring (bicyclic) bond motifs is 1. The van der Waals surface area contributed by atoms with E-state index in [0.29, 0.717) is 0 Å². The molecule has 0 amide bonds. The molecule has 2 aliphatic heterocycles. The number of hydrogen-bond acceptors (Lipinski definition) is 6. The summed E-state index contributed by atoms with van der Waals surface area (Å²) in [4.78, 5) is 21.7. The molecular weight excluding hydrogens is 444 g/mol. The molecule has 3 heterocycles. The van der Waals surface area contributed by atoms with Crippen molar-refractivity contribution in [3.05, 3.63) is 101 Å². The number of aromatic nitrogens is 1. The zero-order valence-electron chi connectivity index (χ0n) is 17.3. The first-order valence-corrected chi connectivity index (χ1v) is 12.3. The molecule has 4 nitrogen and oxygen atoms in total. The third-order valence-corrected chi connectivity index (χ3v) is 9.27. The van der Waals surface area contributed by atoms with Gasteiger partial charge in [0.25, 0.3) is 5.56 Å². The van der Waals surface area contributed by atoms with Crippen LogP contribution in [0.15, 0.2) is 80.3 Å². The Bertz CT molecular complexity index is 1380. The van der Waals surface area contributed by atoms with E-state index in [1.807, 2.05) is 47.0 Å². The second kappa shape index (κ2) is 8.22. The summed E-state index contributed by atoms with van der Waals surface area (Å²) in [5.74, 6) is 0.806. The lowest BCUT2D eigenvalue weighted by Gasteiger charge is -2.19. The smallest absolute Gasteiger partial charge is 0.272 e. The van der Waals surface area contributed by atoms with Crippen molar-refractivity contribution >= 4 is 44.8 Å². The largest absolute Gasteiger partial charge is 0.497 e. The minimum Gasteiger partial charge on any atom is -0.497 e. The lowest BCUT2D eigenvalue weighted by molar-refractivity contribution is 0.415. The van der Waals surface area contributed by atoms with Crippen LogP contribution >= 0.6 is 34.9 Å². The van der Waals surface area contributed by atoms with E-state index in [1.54, 1.807) is 30.6 Å². The number of nitrogens with zero attached hydrogens (tertiary/aromatic N) is 2. The van der Waals surface area contributed by atoms with Gasteiger partial charge in [0.15, 0.2) is 4.80 Å². The molecule has 1 aromatic heterocycles. The molecule has 0 radical (unpaired) electrons. The summed E-state index contributed by atoms with van der Waals surface area (Å²) < 4.78 is 8.95. The van der Waals surface area contributed by atoms with E-state index in [0.717, 1.165) is 36.1 Å².